The maximum Gasteiger partial charge on any atom is 0.104 e. The molecule has 76 heavy (non-hydrogen) atoms. The van der Waals surface area contributed by atoms with Crippen molar-refractivity contribution in [2.75, 3.05) is 0 Å². The summed E-state index contributed by atoms with van der Waals surface area (Å²) in [5, 5.41) is 16.5. The number of rotatable bonds is 9. The van der Waals surface area contributed by atoms with Gasteiger partial charge < -0.3 is 9.13 Å². The van der Waals surface area contributed by atoms with Crippen molar-refractivity contribution in [1.82, 2.24) is 14.1 Å². The highest BCUT2D eigenvalue weighted by Crippen LogP contribution is 2.46. The van der Waals surface area contributed by atoms with Gasteiger partial charge >= 0.3 is 0 Å². The van der Waals surface area contributed by atoms with Crippen molar-refractivity contribution in [3.05, 3.63) is 285 Å². The van der Waals surface area contributed by atoms with Gasteiger partial charge in [-0.05, 0) is 104 Å². The quantitative estimate of drug-likeness (QED) is 0.145. The molecule has 11 aromatic carbocycles. The Hall–Kier alpha value is -10.3. The van der Waals surface area contributed by atoms with Gasteiger partial charge in [-0.25, -0.2) is 4.98 Å². The average molecular weight is 967 g/mol. The molecule has 0 unspecified atom stereocenters. The first-order chi connectivity index (χ1) is 37.7. The van der Waals surface area contributed by atoms with Crippen LogP contribution in [0.3, 0.4) is 0 Å². The summed E-state index contributed by atoms with van der Waals surface area (Å²) < 4.78 is 4.66. The van der Waals surface area contributed by atoms with Gasteiger partial charge in [0.05, 0.1) is 44.8 Å². The Balaban J connectivity index is 1.10. The number of para-hydroxylation sites is 2. The maximum absolute atomic E-state index is 12.0. The second-order valence-electron chi connectivity index (χ2n) is 19.3. The number of fused-ring (bicyclic) bond motifs is 6. The zero-order chi connectivity index (χ0) is 50.5. The van der Waals surface area contributed by atoms with E-state index in [1.165, 1.54) is 0 Å². The molecule has 0 amide bonds. The Bertz CT molecular complexity index is 4280. The Morgan fingerprint density at radius 3 is 1.03 bits per heavy atom. The van der Waals surface area contributed by atoms with Crippen molar-refractivity contribution in [3.63, 3.8) is 0 Å². The van der Waals surface area contributed by atoms with E-state index >= 15 is 0 Å². The normalized spacial score (nSPS) is 11.4. The Labute approximate surface area is 440 Å². The molecule has 14 rings (SSSR count). The first kappa shape index (κ1) is 44.4. The van der Waals surface area contributed by atoms with Crippen LogP contribution in [0.5, 0.6) is 0 Å². The third-order valence-corrected chi connectivity index (χ3v) is 15.0. The monoisotopic (exact) mass is 966 g/mol. The predicted octanol–water partition coefficient (Wildman–Crippen LogP) is 18.8. The molecule has 0 aliphatic heterocycles. The lowest BCUT2D eigenvalue weighted by Crippen LogP contribution is -2.05. The van der Waals surface area contributed by atoms with E-state index in [2.05, 4.69) is 282 Å². The zero-order valence-corrected chi connectivity index (χ0v) is 41.3. The second-order valence-corrected chi connectivity index (χ2v) is 19.3. The number of nitrogens with zero attached hydrogens (tertiary/aromatic N) is 4. The van der Waals surface area contributed by atoms with Crippen LogP contribution >= 0.6 is 0 Å². The molecule has 3 heterocycles. The van der Waals surface area contributed by atoms with Gasteiger partial charge in [0, 0.05) is 32.7 Å². The van der Waals surface area contributed by atoms with E-state index in [-0.39, 0.29) is 0 Å². The third-order valence-electron chi connectivity index (χ3n) is 15.0. The minimum atomic E-state index is 0.555. The zero-order valence-electron chi connectivity index (χ0n) is 41.3. The van der Waals surface area contributed by atoms with Crippen LogP contribution in [0.4, 0.5) is 0 Å². The van der Waals surface area contributed by atoms with Gasteiger partial charge in [-0.3, -0.25) is 0 Å². The van der Waals surface area contributed by atoms with E-state index in [1.807, 2.05) is 12.1 Å². The van der Waals surface area contributed by atoms with Crippen LogP contribution in [0.2, 0.25) is 0 Å². The minimum absolute atomic E-state index is 0.555. The summed E-state index contributed by atoms with van der Waals surface area (Å²) in [7, 11) is 0. The SMILES string of the molecule is N#Cc1c(-n2c3ccccc3c3c(-c4ccccc4-c4ccccc4)cccc32)cc(-c2cc(-c3ccccc3)nc(-c3ccccc3)c2)cc1-n1c2ccccc2c2c(-c3ccccc3-c3ccccc3)cccc21. The molecule has 0 atom stereocenters. The number of aromatic nitrogens is 3. The van der Waals surface area contributed by atoms with Gasteiger partial charge in [0.15, 0.2) is 0 Å². The highest BCUT2D eigenvalue weighted by Gasteiger charge is 2.26. The van der Waals surface area contributed by atoms with Crippen molar-refractivity contribution in [3.8, 4) is 95.6 Å². The molecule has 0 radical (unpaired) electrons. The molecule has 0 bridgehead atoms. The van der Waals surface area contributed by atoms with Crippen molar-refractivity contribution in [2.24, 2.45) is 0 Å². The first-order valence-electron chi connectivity index (χ1n) is 25.8. The standard InChI is InChI=1S/C72H46N4/c73-47-62-69(75-65-39-19-17-35-60(65)71-58(37-21-41-67(71)75)56-33-15-13-31-54(56)48-23-5-1-6-24-48)45-53(52-43-63(50-27-9-3-10-28-50)74-64(44-52)51-29-11-4-12-30-51)46-70(62)76-66-40-20-18-36-61(66)72-59(38-22-42-68(72)76)57-34-16-14-32-55(57)49-25-7-2-8-26-49/h1-46H. The fourth-order valence-corrected chi connectivity index (χ4v) is 11.6. The number of hydrogen-bond donors (Lipinski definition) is 0. The van der Waals surface area contributed by atoms with Crippen molar-refractivity contribution >= 4 is 43.6 Å². The van der Waals surface area contributed by atoms with Crippen LogP contribution < -0.4 is 0 Å². The lowest BCUT2D eigenvalue weighted by Gasteiger charge is -2.19. The van der Waals surface area contributed by atoms with Crippen LogP contribution in [0.1, 0.15) is 5.56 Å². The van der Waals surface area contributed by atoms with Crippen LogP contribution in [0.15, 0.2) is 279 Å². The van der Waals surface area contributed by atoms with E-state index in [1.54, 1.807) is 0 Å². The van der Waals surface area contributed by atoms with Crippen LogP contribution in [0.25, 0.3) is 133 Å². The van der Waals surface area contributed by atoms with Crippen molar-refractivity contribution in [1.29, 1.82) is 5.26 Å². The largest absolute Gasteiger partial charge is 0.308 e. The molecular formula is C72H46N4. The Morgan fingerprint density at radius 1 is 0.276 bits per heavy atom. The highest BCUT2D eigenvalue weighted by atomic mass is 15.0. The fraction of sp³-hybridized carbons (Fsp3) is 0. The van der Waals surface area contributed by atoms with Crippen LogP contribution in [0, 0.1) is 11.3 Å². The Morgan fingerprint density at radius 2 is 0.605 bits per heavy atom. The topological polar surface area (TPSA) is 46.5 Å². The molecule has 0 aliphatic rings. The van der Waals surface area contributed by atoms with E-state index in [0.717, 1.165) is 133 Å². The highest BCUT2D eigenvalue weighted by molar-refractivity contribution is 6.18. The summed E-state index contributed by atoms with van der Waals surface area (Å²) in [5.41, 5.74) is 21.0. The third kappa shape index (κ3) is 7.41. The van der Waals surface area contributed by atoms with Gasteiger partial charge in [0.1, 0.15) is 11.6 Å². The molecule has 0 saturated carbocycles. The Kier molecular flexibility index (Phi) is 10.9. The van der Waals surface area contributed by atoms with E-state index in [4.69, 9.17) is 4.98 Å². The van der Waals surface area contributed by atoms with Gasteiger partial charge in [0.25, 0.3) is 0 Å². The molecule has 14 aromatic rings. The van der Waals surface area contributed by atoms with Crippen LogP contribution in [-0.4, -0.2) is 14.1 Å². The summed E-state index contributed by atoms with van der Waals surface area (Å²) >= 11 is 0. The molecule has 0 saturated heterocycles. The lowest BCUT2D eigenvalue weighted by molar-refractivity contribution is 1.12. The van der Waals surface area contributed by atoms with Crippen LogP contribution in [-0.2, 0) is 0 Å². The molecule has 4 nitrogen and oxygen atoms in total. The summed E-state index contributed by atoms with van der Waals surface area (Å²) in [4.78, 5) is 5.31. The number of hydrogen-bond acceptors (Lipinski definition) is 2. The molecule has 0 N–H and O–H groups in total. The molecule has 3 aromatic heterocycles. The summed E-state index contributed by atoms with van der Waals surface area (Å²) in [6.45, 7) is 0. The molecule has 0 spiro atoms. The van der Waals surface area contributed by atoms with Crippen molar-refractivity contribution < 1.29 is 0 Å². The summed E-state index contributed by atoms with van der Waals surface area (Å²) in [6, 6.07) is 102. The number of nitriles is 1. The second kappa shape index (κ2) is 18.6. The van der Waals surface area contributed by atoms with Gasteiger partial charge in [0.2, 0.25) is 0 Å². The predicted molar refractivity (Wildman–Crippen MR) is 316 cm³/mol. The van der Waals surface area contributed by atoms with E-state index < -0.39 is 0 Å². The minimum Gasteiger partial charge on any atom is -0.308 e. The number of benzene rings is 11. The number of pyridine rings is 1. The molecular weight excluding hydrogens is 921 g/mol. The molecule has 4 heteroatoms. The van der Waals surface area contributed by atoms with E-state index in [9.17, 15) is 5.26 Å². The van der Waals surface area contributed by atoms with E-state index in [0.29, 0.717) is 5.56 Å². The summed E-state index contributed by atoms with van der Waals surface area (Å²) in [5.74, 6) is 0. The van der Waals surface area contributed by atoms with Gasteiger partial charge in [-0.1, -0.05) is 231 Å². The first-order valence-corrected chi connectivity index (χ1v) is 25.8. The smallest absolute Gasteiger partial charge is 0.104 e. The maximum atomic E-state index is 12.0. The van der Waals surface area contributed by atoms with Gasteiger partial charge in [-0.15, -0.1) is 0 Å². The van der Waals surface area contributed by atoms with Crippen molar-refractivity contribution in [2.45, 2.75) is 0 Å². The molecule has 0 fully saturated rings. The lowest BCUT2D eigenvalue weighted by atomic mass is 9.92. The van der Waals surface area contributed by atoms with Gasteiger partial charge in [-0.2, -0.15) is 5.26 Å². The summed E-state index contributed by atoms with van der Waals surface area (Å²) in [6.07, 6.45) is 0. The fourth-order valence-electron chi connectivity index (χ4n) is 11.6. The molecule has 354 valence electrons. The molecule has 0 aliphatic carbocycles. The average Bonchev–Trinajstić information content (AvgIpc) is 4.03.